The van der Waals surface area contributed by atoms with E-state index in [4.69, 9.17) is 18.9 Å². The number of aliphatic hydroxyl groups excluding tert-OH is 4. The van der Waals surface area contributed by atoms with Crippen molar-refractivity contribution in [1.82, 2.24) is 0 Å². The fourth-order valence-corrected chi connectivity index (χ4v) is 3.03. The van der Waals surface area contributed by atoms with Gasteiger partial charge in [0.05, 0.1) is 24.9 Å². The number of ether oxygens (including phenoxy) is 4. The van der Waals surface area contributed by atoms with Crippen LogP contribution in [-0.2, 0) is 18.9 Å². The van der Waals surface area contributed by atoms with Crippen molar-refractivity contribution in [2.24, 2.45) is 0 Å². The number of aliphatic hydroxyl groups is 4. The quantitative estimate of drug-likeness (QED) is 0.488. The minimum atomic E-state index is -1.46. The summed E-state index contributed by atoms with van der Waals surface area (Å²) >= 11 is 0. The maximum Gasteiger partial charge on any atom is 0.187 e. The summed E-state index contributed by atoms with van der Waals surface area (Å²) in [6, 6.07) is 0. The average Bonchev–Trinajstić information content (AvgIpc) is 2.49. The molecule has 0 aromatic carbocycles. The highest BCUT2D eigenvalue weighted by Gasteiger charge is 2.47. The molecule has 130 valence electrons. The minimum Gasteiger partial charge on any atom is -0.394 e. The van der Waals surface area contributed by atoms with E-state index in [-0.39, 0.29) is 18.3 Å². The Morgan fingerprint density at radius 3 is 2.32 bits per heavy atom. The molecule has 2 rings (SSSR count). The number of methoxy groups -OCH3 is 1. The smallest absolute Gasteiger partial charge is 0.187 e. The molecule has 0 radical (unpaired) electrons. The van der Waals surface area contributed by atoms with Crippen molar-refractivity contribution in [3.05, 3.63) is 0 Å². The van der Waals surface area contributed by atoms with Crippen LogP contribution >= 0.6 is 0 Å². The highest BCUT2D eigenvalue weighted by atomic mass is 16.7. The van der Waals surface area contributed by atoms with E-state index in [1.54, 1.807) is 7.11 Å². The van der Waals surface area contributed by atoms with Crippen LogP contribution in [0.5, 0.6) is 0 Å². The third-order valence-electron chi connectivity index (χ3n) is 4.28. The SMILES string of the molecule is COC1C[C@@H](C)OC(C)C1O[C@@H]1O[C@H](CO)[C@@H](O)[C@H](O)[C@H]1O. The first-order valence-electron chi connectivity index (χ1n) is 7.53. The van der Waals surface area contributed by atoms with Gasteiger partial charge in [-0.15, -0.1) is 0 Å². The van der Waals surface area contributed by atoms with Crippen LogP contribution in [0.2, 0.25) is 0 Å². The number of hydrogen-bond acceptors (Lipinski definition) is 8. The first-order valence-corrected chi connectivity index (χ1v) is 7.53. The second-order valence-electron chi connectivity index (χ2n) is 5.96. The molecule has 0 aromatic rings. The standard InChI is InChI=1S/C14H26O8/c1-6-4-8(19-3)13(7(2)20-6)22-14-12(18)11(17)10(16)9(5-15)21-14/h6-18H,4-5H2,1-3H3/t6-,7?,8?,9-,10-,11+,12-,13?,14+/m1/s1. The van der Waals surface area contributed by atoms with Crippen LogP contribution in [-0.4, -0.2) is 89.3 Å². The predicted octanol–water partition coefficient (Wildman–Crippen LogP) is -1.62. The maximum absolute atomic E-state index is 10.0. The van der Waals surface area contributed by atoms with Crippen molar-refractivity contribution in [2.45, 2.75) is 75.4 Å². The first-order chi connectivity index (χ1) is 10.4. The Bertz CT molecular complexity index is 352. The molecule has 2 fully saturated rings. The van der Waals surface area contributed by atoms with E-state index in [2.05, 4.69) is 0 Å². The largest absolute Gasteiger partial charge is 0.394 e. The summed E-state index contributed by atoms with van der Waals surface area (Å²) in [6.45, 7) is 3.27. The summed E-state index contributed by atoms with van der Waals surface area (Å²) in [6.07, 6.45) is -6.86. The Labute approximate surface area is 129 Å². The monoisotopic (exact) mass is 322 g/mol. The molecule has 8 heteroatoms. The van der Waals surface area contributed by atoms with Crippen LogP contribution in [0.25, 0.3) is 0 Å². The van der Waals surface area contributed by atoms with E-state index in [0.29, 0.717) is 6.42 Å². The van der Waals surface area contributed by atoms with E-state index < -0.39 is 43.4 Å². The van der Waals surface area contributed by atoms with Gasteiger partial charge in [0.15, 0.2) is 6.29 Å². The van der Waals surface area contributed by atoms with Crippen LogP contribution in [0.3, 0.4) is 0 Å². The van der Waals surface area contributed by atoms with Gasteiger partial charge in [-0.3, -0.25) is 0 Å². The first kappa shape index (κ1) is 18.0. The van der Waals surface area contributed by atoms with E-state index >= 15 is 0 Å². The summed E-state index contributed by atoms with van der Waals surface area (Å²) in [5.41, 5.74) is 0. The van der Waals surface area contributed by atoms with Gasteiger partial charge < -0.3 is 39.4 Å². The van der Waals surface area contributed by atoms with Gasteiger partial charge in [-0.25, -0.2) is 0 Å². The van der Waals surface area contributed by atoms with Crippen LogP contribution < -0.4 is 0 Å². The van der Waals surface area contributed by atoms with Crippen LogP contribution in [0, 0.1) is 0 Å². The maximum atomic E-state index is 10.0. The van der Waals surface area contributed by atoms with Gasteiger partial charge in [0.1, 0.15) is 30.5 Å². The van der Waals surface area contributed by atoms with Crippen molar-refractivity contribution < 1.29 is 39.4 Å². The molecule has 0 aromatic heterocycles. The van der Waals surface area contributed by atoms with Gasteiger partial charge in [0.2, 0.25) is 0 Å². The highest BCUT2D eigenvalue weighted by Crippen LogP contribution is 2.29. The molecule has 22 heavy (non-hydrogen) atoms. The topological polar surface area (TPSA) is 118 Å². The van der Waals surface area contributed by atoms with E-state index in [1.165, 1.54) is 0 Å². The van der Waals surface area contributed by atoms with Crippen molar-refractivity contribution in [1.29, 1.82) is 0 Å². The van der Waals surface area contributed by atoms with Gasteiger partial charge in [0, 0.05) is 13.5 Å². The Balaban J connectivity index is 2.07. The Hall–Kier alpha value is -0.320. The summed E-state index contributed by atoms with van der Waals surface area (Å²) in [4.78, 5) is 0. The lowest BCUT2D eigenvalue weighted by atomic mass is 9.97. The molecule has 0 bridgehead atoms. The zero-order valence-corrected chi connectivity index (χ0v) is 13.0. The molecule has 0 amide bonds. The molecule has 0 aliphatic carbocycles. The molecule has 3 unspecified atom stereocenters. The van der Waals surface area contributed by atoms with Crippen LogP contribution in [0.1, 0.15) is 20.3 Å². The molecule has 9 atom stereocenters. The molecular weight excluding hydrogens is 296 g/mol. The Morgan fingerprint density at radius 1 is 1.05 bits per heavy atom. The molecule has 4 N–H and O–H groups in total. The van der Waals surface area contributed by atoms with E-state index in [1.807, 2.05) is 13.8 Å². The Morgan fingerprint density at radius 2 is 1.73 bits per heavy atom. The number of rotatable bonds is 4. The average molecular weight is 322 g/mol. The van der Waals surface area contributed by atoms with Gasteiger partial charge in [-0.2, -0.15) is 0 Å². The summed E-state index contributed by atoms with van der Waals surface area (Å²) < 4.78 is 22.2. The van der Waals surface area contributed by atoms with Crippen LogP contribution in [0.4, 0.5) is 0 Å². The summed E-state index contributed by atoms with van der Waals surface area (Å²) in [7, 11) is 1.57. The minimum absolute atomic E-state index is 0.0228. The normalized spacial score (nSPS) is 50.0. The zero-order chi connectivity index (χ0) is 16.4. The molecular formula is C14H26O8. The van der Waals surface area contributed by atoms with Gasteiger partial charge >= 0.3 is 0 Å². The lowest BCUT2D eigenvalue weighted by Gasteiger charge is -2.44. The molecule has 2 saturated heterocycles. The van der Waals surface area contributed by atoms with Crippen molar-refractivity contribution in [3.63, 3.8) is 0 Å². The second-order valence-corrected chi connectivity index (χ2v) is 5.96. The van der Waals surface area contributed by atoms with E-state index in [0.717, 1.165) is 0 Å². The van der Waals surface area contributed by atoms with Gasteiger partial charge in [-0.05, 0) is 13.8 Å². The van der Waals surface area contributed by atoms with Crippen molar-refractivity contribution >= 4 is 0 Å². The third-order valence-corrected chi connectivity index (χ3v) is 4.28. The zero-order valence-electron chi connectivity index (χ0n) is 13.0. The molecule has 0 saturated carbocycles. The fraction of sp³-hybridized carbons (Fsp3) is 1.00. The van der Waals surface area contributed by atoms with Gasteiger partial charge in [-0.1, -0.05) is 0 Å². The fourth-order valence-electron chi connectivity index (χ4n) is 3.03. The lowest BCUT2D eigenvalue weighted by molar-refractivity contribution is -0.332. The summed E-state index contributed by atoms with van der Waals surface area (Å²) in [5.74, 6) is 0. The highest BCUT2D eigenvalue weighted by molar-refractivity contribution is 4.91. The molecule has 2 aliphatic rings. The van der Waals surface area contributed by atoms with Crippen LogP contribution in [0.15, 0.2) is 0 Å². The molecule has 0 spiro atoms. The Kier molecular flexibility index (Phi) is 6.14. The van der Waals surface area contributed by atoms with Crippen molar-refractivity contribution in [2.75, 3.05) is 13.7 Å². The van der Waals surface area contributed by atoms with Crippen molar-refractivity contribution in [3.8, 4) is 0 Å². The second kappa shape index (κ2) is 7.50. The molecule has 2 aliphatic heterocycles. The van der Waals surface area contributed by atoms with Gasteiger partial charge in [0.25, 0.3) is 0 Å². The third kappa shape index (κ3) is 3.60. The lowest BCUT2D eigenvalue weighted by Crippen LogP contribution is -2.61. The molecule has 2 heterocycles. The molecule has 8 nitrogen and oxygen atoms in total. The van der Waals surface area contributed by atoms with E-state index in [9.17, 15) is 20.4 Å². The predicted molar refractivity (Wildman–Crippen MR) is 74.1 cm³/mol. The summed E-state index contributed by atoms with van der Waals surface area (Å²) in [5, 5.41) is 38.8. The number of hydrogen-bond donors (Lipinski definition) is 4.